The Balaban J connectivity index is 4.43. The number of hydrogen-bond acceptors (Lipinski definition) is 5. The van der Waals surface area contributed by atoms with E-state index >= 15 is 0 Å². The lowest BCUT2D eigenvalue weighted by molar-refractivity contribution is -0.145. The Morgan fingerprint density at radius 1 is 1.20 bits per heavy atom. The van der Waals surface area contributed by atoms with Gasteiger partial charge in [0, 0.05) is 0 Å². The first-order valence-electron chi connectivity index (χ1n) is 4.42. The van der Waals surface area contributed by atoms with Crippen LogP contribution < -0.4 is 11.1 Å². The molecule has 7 nitrogen and oxygen atoms in total. The molecule has 0 saturated carbocycles. The summed E-state index contributed by atoms with van der Waals surface area (Å²) in [5.74, 6) is -2.19. The molecular formula is C8H16N2O5. The van der Waals surface area contributed by atoms with Gasteiger partial charge in [-0.25, -0.2) is 4.79 Å². The van der Waals surface area contributed by atoms with E-state index in [4.69, 9.17) is 21.1 Å². The van der Waals surface area contributed by atoms with Gasteiger partial charge in [-0.3, -0.25) is 4.79 Å². The highest BCUT2D eigenvalue weighted by Crippen LogP contribution is 1.96. The van der Waals surface area contributed by atoms with Crippen molar-refractivity contribution in [3.05, 3.63) is 0 Å². The molecule has 0 bridgehead atoms. The zero-order chi connectivity index (χ0) is 12.2. The molecule has 0 aliphatic carbocycles. The van der Waals surface area contributed by atoms with Gasteiger partial charge in [0.1, 0.15) is 6.04 Å². The summed E-state index contributed by atoms with van der Waals surface area (Å²) in [4.78, 5) is 21.8. The molecule has 0 aliphatic heterocycles. The van der Waals surface area contributed by atoms with Gasteiger partial charge in [0.05, 0.1) is 12.2 Å². The number of carboxylic acid groups (broad SMARTS) is 1. The second-order valence-corrected chi connectivity index (χ2v) is 3.33. The van der Waals surface area contributed by atoms with E-state index in [2.05, 4.69) is 0 Å². The molecule has 0 heterocycles. The zero-order valence-corrected chi connectivity index (χ0v) is 8.54. The molecule has 4 atom stereocenters. The van der Waals surface area contributed by atoms with Gasteiger partial charge in [0.2, 0.25) is 5.91 Å². The number of nitrogens with one attached hydrogen (secondary N) is 1. The summed E-state index contributed by atoms with van der Waals surface area (Å²) in [5, 5.41) is 28.7. The third-order valence-electron chi connectivity index (χ3n) is 1.87. The molecule has 0 aromatic rings. The first-order valence-corrected chi connectivity index (χ1v) is 4.42. The Hall–Kier alpha value is -1.18. The van der Waals surface area contributed by atoms with Crippen LogP contribution in [0.4, 0.5) is 0 Å². The van der Waals surface area contributed by atoms with E-state index in [-0.39, 0.29) is 0 Å². The lowest BCUT2D eigenvalue weighted by Crippen LogP contribution is -2.55. The predicted molar refractivity (Wildman–Crippen MR) is 50.9 cm³/mol. The highest BCUT2D eigenvalue weighted by molar-refractivity contribution is 5.87. The quantitative estimate of drug-likeness (QED) is 0.352. The minimum Gasteiger partial charge on any atom is -0.480 e. The van der Waals surface area contributed by atoms with Gasteiger partial charge in [-0.05, 0) is 13.8 Å². The fourth-order valence-corrected chi connectivity index (χ4v) is 0.857. The van der Waals surface area contributed by atoms with Crippen LogP contribution in [-0.2, 0) is 9.59 Å². The molecule has 6 N–H and O–H groups in total. The Bertz CT molecular complexity index is 241. The molecule has 0 aliphatic rings. The van der Waals surface area contributed by atoms with Gasteiger partial charge in [-0.2, -0.15) is 0 Å². The van der Waals surface area contributed by atoms with Gasteiger partial charge < -0.3 is 26.4 Å². The van der Waals surface area contributed by atoms with Crippen molar-refractivity contribution < 1.29 is 24.9 Å². The smallest absolute Gasteiger partial charge is 0.328 e. The Morgan fingerprint density at radius 2 is 1.67 bits per heavy atom. The number of aliphatic hydroxyl groups is 2. The molecule has 1 unspecified atom stereocenters. The maximum absolute atomic E-state index is 11.2. The standard InChI is InChI=1S/C8H16N2O5/c1-3(11)5(9)7(13)10-6(4(2)12)8(14)15/h3-6,11-12H,9H2,1-2H3,(H,10,13)(H,14,15)/t3-,4?,5+,6+/m1/s1. The molecule has 15 heavy (non-hydrogen) atoms. The molecule has 1 amide bonds. The van der Waals surface area contributed by atoms with Crippen molar-refractivity contribution in [2.45, 2.75) is 38.1 Å². The number of hydrogen-bond donors (Lipinski definition) is 5. The molecule has 0 spiro atoms. The summed E-state index contributed by atoms with van der Waals surface area (Å²) < 4.78 is 0. The van der Waals surface area contributed by atoms with Crippen molar-refractivity contribution in [3.63, 3.8) is 0 Å². The van der Waals surface area contributed by atoms with Crippen molar-refractivity contribution in [2.75, 3.05) is 0 Å². The van der Waals surface area contributed by atoms with Crippen LogP contribution in [0.5, 0.6) is 0 Å². The Kier molecular flexibility index (Phi) is 5.20. The maximum atomic E-state index is 11.2. The Labute approximate surface area is 86.9 Å². The first-order chi connectivity index (χ1) is 6.77. The molecule has 7 heteroatoms. The van der Waals surface area contributed by atoms with Crippen molar-refractivity contribution in [3.8, 4) is 0 Å². The van der Waals surface area contributed by atoms with Gasteiger partial charge in [0.15, 0.2) is 6.04 Å². The minimum atomic E-state index is -1.43. The molecular weight excluding hydrogens is 204 g/mol. The number of carboxylic acids is 1. The molecule has 0 rings (SSSR count). The summed E-state index contributed by atoms with van der Waals surface area (Å²) in [6.07, 6.45) is -2.33. The predicted octanol–water partition coefficient (Wildman–Crippen LogP) is -2.36. The van der Waals surface area contributed by atoms with Gasteiger partial charge in [-0.15, -0.1) is 0 Å². The van der Waals surface area contributed by atoms with Crippen molar-refractivity contribution in [1.29, 1.82) is 0 Å². The average Bonchev–Trinajstić information content (AvgIpc) is 2.11. The molecule has 0 aromatic heterocycles. The summed E-state index contributed by atoms with van der Waals surface area (Å²) in [5.41, 5.74) is 5.27. The fraction of sp³-hybridized carbons (Fsp3) is 0.750. The van der Waals surface area contributed by atoms with E-state index in [1.54, 1.807) is 0 Å². The van der Waals surface area contributed by atoms with Crippen LogP contribution in [0.3, 0.4) is 0 Å². The van der Waals surface area contributed by atoms with Gasteiger partial charge in [0.25, 0.3) is 0 Å². The number of rotatable bonds is 5. The molecule has 0 fully saturated rings. The first kappa shape index (κ1) is 13.8. The third-order valence-corrected chi connectivity index (χ3v) is 1.87. The number of amides is 1. The van der Waals surface area contributed by atoms with E-state index in [1.807, 2.05) is 5.32 Å². The van der Waals surface area contributed by atoms with E-state index in [9.17, 15) is 9.59 Å². The SMILES string of the molecule is CC(O)[C@H](NC(=O)[C@@H](N)[C@@H](C)O)C(=O)O. The lowest BCUT2D eigenvalue weighted by atomic mass is 10.1. The monoisotopic (exact) mass is 220 g/mol. The molecule has 0 saturated heterocycles. The van der Waals surface area contributed by atoms with E-state index in [1.165, 1.54) is 13.8 Å². The number of aliphatic hydroxyl groups excluding tert-OH is 2. The van der Waals surface area contributed by atoms with Crippen molar-refractivity contribution in [1.82, 2.24) is 5.32 Å². The van der Waals surface area contributed by atoms with E-state index in [0.717, 1.165) is 0 Å². The molecule has 88 valence electrons. The molecule has 0 radical (unpaired) electrons. The summed E-state index contributed by atoms with van der Waals surface area (Å²) in [7, 11) is 0. The Morgan fingerprint density at radius 3 is 1.93 bits per heavy atom. The number of carbonyl (C=O) groups excluding carboxylic acids is 1. The topological polar surface area (TPSA) is 133 Å². The van der Waals surface area contributed by atoms with Crippen LogP contribution in [0, 0.1) is 0 Å². The second-order valence-electron chi connectivity index (χ2n) is 3.33. The number of nitrogens with two attached hydrogens (primary N) is 1. The summed E-state index contributed by atoms with van der Waals surface area (Å²) in [6.45, 7) is 2.54. The van der Waals surface area contributed by atoms with Crippen molar-refractivity contribution in [2.24, 2.45) is 5.73 Å². The largest absolute Gasteiger partial charge is 0.480 e. The zero-order valence-electron chi connectivity index (χ0n) is 8.54. The van der Waals surface area contributed by atoms with Crippen LogP contribution in [-0.4, -0.2) is 51.5 Å². The maximum Gasteiger partial charge on any atom is 0.328 e. The molecule has 0 aromatic carbocycles. The summed E-state index contributed by atoms with van der Waals surface area (Å²) in [6, 6.07) is -2.65. The van der Waals surface area contributed by atoms with Crippen LogP contribution in [0.2, 0.25) is 0 Å². The van der Waals surface area contributed by atoms with Crippen molar-refractivity contribution >= 4 is 11.9 Å². The lowest BCUT2D eigenvalue weighted by Gasteiger charge is -2.20. The fourth-order valence-electron chi connectivity index (χ4n) is 0.857. The highest BCUT2D eigenvalue weighted by Gasteiger charge is 2.28. The van der Waals surface area contributed by atoms with E-state index in [0.29, 0.717) is 0 Å². The van der Waals surface area contributed by atoms with E-state index < -0.39 is 36.2 Å². The number of carbonyl (C=O) groups is 2. The van der Waals surface area contributed by atoms with Crippen LogP contribution in [0.25, 0.3) is 0 Å². The van der Waals surface area contributed by atoms with Gasteiger partial charge in [-0.1, -0.05) is 0 Å². The average molecular weight is 220 g/mol. The normalized spacial score (nSPS) is 18.7. The van der Waals surface area contributed by atoms with Gasteiger partial charge >= 0.3 is 5.97 Å². The third kappa shape index (κ3) is 4.24. The summed E-state index contributed by atoms with van der Waals surface area (Å²) >= 11 is 0. The van der Waals surface area contributed by atoms with Crippen LogP contribution >= 0.6 is 0 Å². The van der Waals surface area contributed by atoms with Crippen LogP contribution in [0.15, 0.2) is 0 Å². The minimum absolute atomic E-state index is 0.821. The van der Waals surface area contributed by atoms with Crippen LogP contribution in [0.1, 0.15) is 13.8 Å². The highest BCUT2D eigenvalue weighted by atomic mass is 16.4. The second kappa shape index (κ2) is 5.64. The number of aliphatic carboxylic acids is 1.